The average Bonchev–Trinajstić information content (AvgIpc) is 3.09. The van der Waals surface area contributed by atoms with Crippen LogP contribution in [0.2, 0.25) is 0 Å². The molecule has 0 heterocycles. The van der Waals surface area contributed by atoms with Gasteiger partial charge in [-0.2, -0.15) is 0 Å². The van der Waals surface area contributed by atoms with E-state index in [4.69, 9.17) is 0 Å². The van der Waals surface area contributed by atoms with Crippen molar-refractivity contribution in [2.24, 2.45) is 34.5 Å². The Morgan fingerprint density at radius 1 is 1.14 bits per heavy atom. The largest absolute Gasteiger partial charge is 0.393 e. The molecule has 0 aromatic heterocycles. The average molecular weight is 497 g/mol. The van der Waals surface area contributed by atoms with Crippen molar-refractivity contribution in [2.75, 3.05) is 6.61 Å². The van der Waals surface area contributed by atoms with Crippen molar-refractivity contribution in [3.05, 3.63) is 11.6 Å². The van der Waals surface area contributed by atoms with Crippen molar-refractivity contribution in [2.45, 2.75) is 108 Å². The monoisotopic (exact) mass is 496 g/mol. The molecule has 0 aromatic carbocycles. The SMILES string of the molecule is C[C@H](C(O)CCC(C)(O)CO)[C@H]1CC[C@@]2(O)C3=CC(=O)[C@@H]4C[C@@H](O)[C@@H](O)C(O)[C@]4(C)[C@H]3CC[C@]12C. The molecule has 0 aromatic rings. The van der Waals surface area contributed by atoms with Crippen molar-refractivity contribution >= 4 is 5.78 Å². The van der Waals surface area contributed by atoms with Crippen LogP contribution >= 0.6 is 0 Å². The lowest BCUT2D eigenvalue weighted by Gasteiger charge is -2.61. The summed E-state index contributed by atoms with van der Waals surface area (Å²) >= 11 is 0. The zero-order chi connectivity index (χ0) is 26.1. The zero-order valence-electron chi connectivity index (χ0n) is 21.4. The van der Waals surface area contributed by atoms with Crippen LogP contribution in [-0.2, 0) is 4.79 Å². The Bertz CT molecular complexity index is 871. The summed E-state index contributed by atoms with van der Waals surface area (Å²) in [5.41, 5.74) is -3.45. The molecule has 0 saturated heterocycles. The molecular formula is C27H44O8. The van der Waals surface area contributed by atoms with Crippen molar-refractivity contribution in [3.63, 3.8) is 0 Å². The molecule has 7 N–H and O–H groups in total. The summed E-state index contributed by atoms with van der Waals surface area (Å²) in [6.07, 6.45) is 0.118. The third kappa shape index (κ3) is 3.87. The fourth-order valence-electron chi connectivity index (χ4n) is 8.35. The van der Waals surface area contributed by atoms with Gasteiger partial charge >= 0.3 is 0 Å². The van der Waals surface area contributed by atoms with Crippen LogP contribution in [0.5, 0.6) is 0 Å². The fraction of sp³-hybridized carbons (Fsp3) is 0.889. The van der Waals surface area contributed by atoms with Crippen molar-refractivity contribution < 1.29 is 40.5 Å². The molecule has 8 nitrogen and oxygen atoms in total. The predicted octanol–water partition coefficient (Wildman–Crippen LogP) is 0.682. The first-order valence-electron chi connectivity index (χ1n) is 13.2. The Morgan fingerprint density at radius 3 is 2.43 bits per heavy atom. The lowest BCUT2D eigenvalue weighted by molar-refractivity contribution is -0.199. The number of carbonyl (C=O) groups excluding carboxylic acids is 1. The summed E-state index contributed by atoms with van der Waals surface area (Å²) in [4.78, 5) is 13.3. The quantitative estimate of drug-likeness (QED) is 0.283. The third-order valence-electron chi connectivity index (χ3n) is 10.9. The van der Waals surface area contributed by atoms with Crippen LogP contribution in [-0.4, -0.2) is 83.8 Å². The molecule has 35 heavy (non-hydrogen) atoms. The van der Waals surface area contributed by atoms with E-state index in [-0.39, 0.29) is 43.0 Å². The molecule has 8 heteroatoms. The third-order valence-corrected chi connectivity index (χ3v) is 10.9. The minimum atomic E-state index is -1.34. The lowest BCUT2D eigenvalue weighted by Crippen LogP contribution is -2.66. The van der Waals surface area contributed by atoms with Gasteiger partial charge in [0.05, 0.1) is 36.1 Å². The first-order chi connectivity index (χ1) is 16.1. The number of aliphatic hydroxyl groups is 7. The van der Waals surface area contributed by atoms with Gasteiger partial charge in [0.1, 0.15) is 6.10 Å². The van der Waals surface area contributed by atoms with E-state index in [1.165, 1.54) is 6.92 Å². The van der Waals surface area contributed by atoms with Crippen LogP contribution in [0.4, 0.5) is 0 Å². The lowest BCUT2D eigenvalue weighted by atomic mass is 9.45. The van der Waals surface area contributed by atoms with Gasteiger partial charge in [-0.1, -0.05) is 20.8 Å². The second-order valence-corrected chi connectivity index (χ2v) is 12.8. The molecule has 0 amide bonds. The predicted molar refractivity (Wildman–Crippen MR) is 128 cm³/mol. The number of fused-ring (bicyclic) bond motifs is 5. The van der Waals surface area contributed by atoms with Crippen molar-refractivity contribution in [1.29, 1.82) is 0 Å². The standard InChI is InChI=1S/C27H44O8/c1-14(19(29)7-8-24(2,34)13-28)15-6-10-27(35)17-11-20(30)18-12-21(31)22(32)23(33)26(18,4)16(17)5-9-25(15,27)3/h11,14-16,18-19,21-23,28-29,31-35H,5-10,12-13H2,1-4H3/t14-,15+,16-,18-,19?,21+,22+,23?,24?,25+,26+,27+/m0/s1. The topological polar surface area (TPSA) is 159 Å². The van der Waals surface area contributed by atoms with Gasteiger partial charge in [-0.15, -0.1) is 0 Å². The first kappa shape index (κ1) is 27.2. The molecule has 3 unspecified atom stereocenters. The Balaban J connectivity index is 1.63. The normalized spacial score (nSPS) is 48.8. The van der Waals surface area contributed by atoms with Crippen molar-refractivity contribution in [1.82, 2.24) is 0 Å². The maximum atomic E-state index is 13.3. The van der Waals surface area contributed by atoms with E-state index in [0.717, 1.165) is 0 Å². The number of carbonyl (C=O) groups is 1. The first-order valence-corrected chi connectivity index (χ1v) is 13.2. The van der Waals surface area contributed by atoms with Gasteiger partial charge in [-0.3, -0.25) is 4.79 Å². The number of hydrogen-bond acceptors (Lipinski definition) is 8. The van der Waals surface area contributed by atoms with Crippen LogP contribution in [0.1, 0.15) is 72.6 Å². The maximum absolute atomic E-state index is 13.3. The molecule has 4 aliphatic rings. The van der Waals surface area contributed by atoms with E-state index >= 15 is 0 Å². The number of aliphatic hydroxyl groups excluding tert-OH is 5. The van der Waals surface area contributed by atoms with Crippen LogP contribution in [0.15, 0.2) is 11.6 Å². The number of ketones is 1. The highest BCUT2D eigenvalue weighted by Crippen LogP contribution is 2.68. The van der Waals surface area contributed by atoms with Gasteiger partial charge in [0, 0.05) is 16.7 Å². The number of hydrogen-bond donors (Lipinski definition) is 7. The molecule has 4 aliphatic carbocycles. The second kappa shape index (κ2) is 8.86. The van der Waals surface area contributed by atoms with E-state index in [9.17, 15) is 40.5 Å². The van der Waals surface area contributed by atoms with Crippen LogP contribution < -0.4 is 0 Å². The summed E-state index contributed by atoms with van der Waals surface area (Å²) in [5, 5.41) is 74.4. The summed E-state index contributed by atoms with van der Waals surface area (Å²) in [6.45, 7) is 6.97. The molecule has 0 aliphatic heterocycles. The van der Waals surface area contributed by atoms with Gasteiger partial charge in [-0.25, -0.2) is 0 Å². The molecular weight excluding hydrogens is 452 g/mol. The molecule has 0 bridgehead atoms. The molecule has 12 atom stereocenters. The zero-order valence-corrected chi connectivity index (χ0v) is 21.4. The van der Waals surface area contributed by atoms with E-state index < -0.39 is 52.4 Å². The highest BCUT2D eigenvalue weighted by molar-refractivity contribution is 5.95. The molecule has 0 spiro atoms. The van der Waals surface area contributed by atoms with E-state index in [1.807, 2.05) is 20.8 Å². The Morgan fingerprint density at radius 2 is 1.80 bits per heavy atom. The van der Waals surface area contributed by atoms with Gasteiger partial charge < -0.3 is 35.7 Å². The van der Waals surface area contributed by atoms with Crippen LogP contribution in [0, 0.1) is 34.5 Å². The Hall–Kier alpha value is -0.870. The molecule has 3 saturated carbocycles. The summed E-state index contributed by atoms with van der Waals surface area (Å²) in [7, 11) is 0. The van der Waals surface area contributed by atoms with Gasteiger partial charge in [-0.05, 0) is 81.3 Å². The second-order valence-electron chi connectivity index (χ2n) is 12.8. The van der Waals surface area contributed by atoms with E-state index in [1.54, 1.807) is 6.08 Å². The maximum Gasteiger partial charge on any atom is 0.159 e. The van der Waals surface area contributed by atoms with Gasteiger partial charge in [0.15, 0.2) is 5.78 Å². The molecule has 4 rings (SSSR count). The van der Waals surface area contributed by atoms with Gasteiger partial charge in [0.25, 0.3) is 0 Å². The number of rotatable bonds is 6. The van der Waals surface area contributed by atoms with E-state index in [2.05, 4.69) is 0 Å². The van der Waals surface area contributed by atoms with Crippen LogP contribution in [0.3, 0.4) is 0 Å². The summed E-state index contributed by atoms with van der Waals surface area (Å²) in [5.74, 6) is -1.31. The van der Waals surface area contributed by atoms with Crippen LogP contribution in [0.25, 0.3) is 0 Å². The van der Waals surface area contributed by atoms with Crippen molar-refractivity contribution in [3.8, 4) is 0 Å². The Kier molecular flexibility index (Phi) is 6.88. The molecule has 3 fully saturated rings. The highest BCUT2D eigenvalue weighted by atomic mass is 16.4. The summed E-state index contributed by atoms with van der Waals surface area (Å²) < 4.78 is 0. The summed E-state index contributed by atoms with van der Waals surface area (Å²) in [6, 6.07) is 0. The Labute approximate surface area is 207 Å². The smallest absolute Gasteiger partial charge is 0.159 e. The minimum absolute atomic E-state index is 0.0206. The number of allylic oxidation sites excluding steroid dienone is 1. The minimum Gasteiger partial charge on any atom is -0.393 e. The van der Waals surface area contributed by atoms with E-state index in [0.29, 0.717) is 37.7 Å². The fourth-order valence-corrected chi connectivity index (χ4v) is 8.35. The van der Waals surface area contributed by atoms with Gasteiger partial charge in [0.2, 0.25) is 0 Å². The molecule has 0 radical (unpaired) electrons. The highest BCUT2D eigenvalue weighted by Gasteiger charge is 2.68. The molecule has 200 valence electrons.